The molecular formula is C12H16BrNO2. The molecule has 16 heavy (non-hydrogen) atoms. The Kier molecular flexibility index (Phi) is 5.32. The lowest BCUT2D eigenvalue weighted by molar-refractivity contribution is -0.121. The lowest BCUT2D eigenvalue weighted by Crippen LogP contribution is -2.22. The minimum absolute atomic E-state index is 0.0736. The van der Waals surface area contributed by atoms with Crippen LogP contribution in [0.4, 0.5) is 0 Å². The van der Waals surface area contributed by atoms with E-state index in [1.165, 1.54) is 0 Å². The zero-order valence-electron chi connectivity index (χ0n) is 9.55. The van der Waals surface area contributed by atoms with Crippen molar-refractivity contribution in [3.05, 3.63) is 28.2 Å². The lowest BCUT2D eigenvalue weighted by Gasteiger charge is -2.10. The number of carbonyl (C=O) groups excluding carboxylic acids is 1. The summed E-state index contributed by atoms with van der Waals surface area (Å²) in [6.45, 7) is 2.49. The highest BCUT2D eigenvalue weighted by Gasteiger charge is 2.05. The van der Waals surface area contributed by atoms with Crippen LogP contribution in [0.2, 0.25) is 0 Å². The van der Waals surface area contributed by atoms with Gasteiger partial charge in [-0.25, -0.2) is 0 Å². The first kappa shape index (κ1) is 13.0. The third kappa shape index (κ3) is 3.85. The molecule has 0 atom stereocenters. The van der Waals surface area contributed by atoms with Crippen molar-refractivity contribution in [3.8, 4) is 5.75 Å². The molecule has 0 saturated heterocycles. The summed E-state index contributed by atoms with van der Waals surface area (Å²) in [6, 6.07) is 5.74. The molecule has 0 unspecified atom stereocenters. The van der Waals surface area contributed by atoms with Crippen LogP contribution in [0.15, 0.2) is 22.7 Å². The summed E-state index contributed by atoms with van der Waals surface area (Å²) >= 11 is 3.39. The molecule has 0 spiro atoms. The Morgan fingerprint density at radius 1 is 1.50 bits per heavy atom. The predicted molar refractivity (Wildman–Crippen MR) is 67.4 cm³/mol. The maximum atomic E-state index is 11.3. The Hall–Kier alpha value is -1.03. The zero-order chi connectivity index (χ0) is 12.0. The van der Waals surface area contributed by atoms with Crippen LogP contribution in [0.3, 0.4) is 0 Å². The standard InChI is InChI=1S/C12H16BrNO2/c1-3-4-12(15)14-8-9-7-10(13)5-6-11(9)16-2/h5-7H,3-4,8H2,1-2H3,(H,14,15). The predicted octanol–water partition coefficient (Wildman–Crippen LogP) is 2.87. The molecule has 0 bridgehead atoms. The van der Waals surface area contributed by atoms with Gasteiger partial charge in [-0.05, 0) is 24.6 Å². The van der Waals surface area contributed by atoms with Gasteiger partial charge in [0.05, 0.1) is 7.11 Å². The molecular weight excluding hydrogens is 270 g/mol. The van der Waals surface area contributed by atoms with Crippen molar-refractivity contribution in [1.82, 2.24) is 5.32 Å². The van der Waals surface area contributed by atoms with Crippen LogP contribution in [-0.2, 0) is 11.3 Å². The van der Waals surface area contributed by atoms with Gasteiger partial charge in [0, 0.05) is 23.0 Å². The molecule has 0 aliphatic rings. The number of ether oxygens (including phenoxy) is 1. The SMILES string of the molecule is CCCC(=O)NCc1cc(Br)ccc1OC. The molecule has 0 aliphatic heterocycles. The highest BCUT2D eigenvalue weighted by molar-refractivity contribution is 9.10. The van der Waals surface area contributed by atoms with Gasteiger partial charge in [0.25, 0.3) is 0 Å². The number of benzene rings is 1. The van der Waals surface area contributed by atoms with Gasteiger partial charge in [0.2, 0.25) is 5.91 Å². The van der Waals surface area contributed by atoms with Crippen molar-refractivity contribution in [1.29, 1.82) is 0 Å². The van der Waals surface area contributed by atoms with Gasteiger partial charge in [-0.3, -0.25) is 4.79 Å². The van der Waals surface area contributed by atoms with Crippen molar-refractivity contribution in [3.63, 3.8) is 0 Å². The molecule has 0 aliphatic carbocycles. The van der Waals surface area contributed by atoms with E-state index in [0.717, 1.165) is 22.2 Å². The molecule has 0 fully saturated rings. The van der Waals surface area contributed by atoms with Crippen molar-refractivity contribution in [2.24, 2.45) is 0 Å². The van der Waals surface area contributed by atoms with Crippen molar-refractivity contribution >= 4 is 21.8 Å². The monoisotopic (exact) mass is 285 g/mol. The van der Waals surface area contributed by atoms with Crippen molar-refractivity contribution in [2.45, 2.75) is 26.3 Å². The van der Waals surface area contributed by atoms with E-state index in [-0.39, 0.29) is 5.91 Å². The molecule has 1 aromatic rings. The summed E-state index contributed by atoms with van der Waals surface area (Å²) in [5, 5.41) is 2.86. The molecule has 88 valence electrons. The Bertz CT molecular complexity index is 366. The number of hydrogen-bond donors (Lipinski definition) is 1. The quantitative estimate of drug-likeness (QED) is 0.904. The summed E-state index contributed by atoms with van der Waals surface area (Å²) in [4.78, 5) is 11.3. The van der Waals surface area contributed by atoms with Crippen molar-refractivity contribution < 1.29 is 9.53 Å². The first-order chi connectivity index (χ1) is 7.67. The fourth-order valence-corrected chi connectivity index (χ4v) is 1.80. The molecule has 1 rings (SSSR count). The third-order valence-corrected chi connectivity index (χ3v) is 2.69. The van der Waals surface area contributed by atoms with Crippen LogP contribution in [-0.4, -0.2) is 13.0 Å². The largest absolute Gasteiger partial charge is 0.496 e. The Morgan fingerprint density at radius 2 is 2.25 bits per heavy atom. The number of halogens is 1. The average Bonchev–Trinajstić information content (AvgIpc) is 2.27. The van der Waals surface area contributed by atoms with E-state index in [1.54, 1.807) is 7.11 Å². The summed E-state index contributed by atoms with van der Waals surface area (Å²) < 4.78 is 6.20. The van der Waals surface area contributed by atoms with Gasteiger partial charge >= 0.3 is 0 Å². The average molecular weight is 286 g/mol. The molecule has 0 radical (unpaired) electrons. The first-order valence-electron chi connectivity index (χ1n) is 5.26. The third-order valence-electron chi connectivity index (χ3n) is 2.20. The van der Waals surface area contributed by atoms with Gasteiger partial charge in [0.1, 0.15) is 5.75 Å². The van der Waals surface area contributed by atoms with Gasteiger partial charge < -0.3 is 10.1 Å². The van der Waals surface area contributed by atoms with E-state index in [4.69, 9.17) is 4.74 Å². The maximum Gasteiger partial charge on any atom is 0.220 e. The first-order valence-corrected chi connectivity index (χ1v) is 6.05. The second-order valence-corrected chi connectivity index (χ2v) is 4.40. The molecule has 1 amide bonds. The van der Waals surface area contributed by atoms with E-state index in [0.29, 0.717) is 13.0 Å². The second kappa shape index (κ2) is 6.53. The summed E-state index contributed by atoms with van der Waals surface area (Å²) in [5.41, 5.74) is 0.973. The van der Waals surface area contributed by atoms with E-state index in [2.05, 4.69) is 21.2 Å². The lowest BCUT2D eigenvalue weighted by atomic mass is 10.2. The second-order valence-electron chi connectivity index (χ2n) is 3.48. The molecule has 0 saturated carbocycles. The Labute approximate surface area is 104 Å². The number of carbonyl (C=O) groups is 1. The van der Waals surface area contributed by atoms with E-state index in [1.807, 2.05) is 25.1 Å². The van der Waals surface area contributed by atoms with Crippen LogP contribution in [0.5, 0.6) is 5.75 Å². The smallest absolute Gasteiger partial charge is 0.220 e. The number of methoxy groups -OCH3 is 1. The van der Waals surface area contributed by atoms with Crippen LogP contribution in [0.1, 0.15) is 25.3 Å². The zero-order valence-corrected chi connectivity index (χ0v) is 11.1. The van der Waals surface area contributed by atoms with E-state index in [9.17, 15) is 4.79 Å². The molecule has 1 N–H and O–H groups in total. The fourth-order valence-electron chi connectivity index (χ4n) is 1.39. The summed E-state index contributed by atoms with van der Waals surface area (Å²) in [6.07, 6.45) is 1.43. The normalized spacial score (nSPS) is 9.94. The van der Waals surface area contributed by atoms with Gasteiger partial charge in [-0.1, -0.05) is 22.9 Å². The number of amides is 1. The number of nitrogens with one attached hydrogen (secondary N) is 1. The van der Waals surface area contributed by atoms with Crippen LogP contribution >= 0.6 is 15.9 Å². The number of rotatable bonds is 5. The van der Waals surface area contributed by atoms with E-state index < -0.39 is 0 Å². The van der Waals surface area contributed by atoms with Gasteiger partial charge in [-0.2, -0.15) is 0 Å². The summed E-state index contributed by atoms with van der Waals surface area (Å²) in [5.74, 6) is 0.865. The maximum absolute atomic E-state index is 11.3. The highest BCUT2D eigenvalue weighted by Crippen LogP contribution is 2.22. The van der Waals surface area contributed by atoms with Crippen LogP contribution in [0, 0.1) is 0 Å². The topological polar surface area (TPSA) is 38.3 Å². The molecule has 1 aromatic carbocycles. The van der Waals surface area contributed by atoms with Gasteiger partial charge in [0.15, 0.2) is 0 Å². The van der Waals surface area contributed by atoms with Crippen LogP contribution in [0.25, 0.3) is 0 Å². The van der Waals surface area contributed by atoms with Crippen LogP contribution < -0.4 is 10.1 Å². The Morgan fingerprint density at radius 3 is 2.88 bits per heavy atom. The minimum atomic E-state index is 0.0736. The molecule has 3 nitrogen and oxygen atoms in total. The fraction of sp³-hybridized carbons (Fsp3) is 0.417. The molecule has 0 aromatic heterocycles. The highest BCUT2D eigenvalue weighted by atomic mass is 79.9. The minimum Gasteiger partial charge on any atom is -0.496 e. The number of hydrogen-bond acceptors (Lipinski definition) is 2. The summed E-state index contributed by atoms with van der Waals surface area (Å²) in [7, 11) is 1.63. The van der Waals surface area contributed by atoms with Gasteiger partial charge in [-0.15, -0.1) is 0 Å². The van der Waals surface area contributed by atoms with E-state index >= 15 is 0 Å². The molecule has 4 heteroatoms. The molecule has 0 heterocycles. The Balaban J connectivity index is 2.65. The van der Waals surface area contributed by atoms with Crippen molar-refractivity contribution in [2.75, 3.05) is 7.11 Å².